The fourth-order valence-electron chi connectivity index (χ4n) is 2.72. The van der Waals surface area contributed by atoms with E-state index in [0.29, 0.717) is 11.3 Å². The SMILES string of the molecule is CCOC(=O)c1sc(NC(=O)CCn2nc([N+](=O)[O-])cc2C)c(C(=O)OC(C)C)c1C. The highest BCUT2D eigenvalue weighted by molar-refractivity contribution is 7.18. The van der Waals surface area contributed by atoms with Crippen LogP contribution in [0.4, 0.5) is 10.8 Å². The van der Waals surface area contributed by atoms with Gasteiger partial charge in [0.2, 0.25) is 5.91 Å². The van der Waals surface area contributed by atoms with Crippen LogP contribution in [0.15, 0.2) is 6.07 Å². The van der Waals surface area contributed by atoms with Crippen LogP contribution in [-0.2, 0) is 20.8 Å². The summed E-state index contributed by atoms with van der Waals surface area (Å²) in [6.07, 6.45) is -0.440. The number of nitro groups is 1. The molecule has 2 rings (SSSR count). The first kappa shape index (κ1) is 24.0. The van der Waals surface area contributed by atoms with E-state index < -0.39 is 22.8 Å². The van der Waals surface area contributed by atoms with Crippen molar-refractivity contribution >= 4 is 40.0 Å². The largest absolute Gasteiger partial charge is 0.462 e. The molecule has 0 radical (unpaired) electrons. The van der Waals surface area contributed by atoms with Gasteiger partial charge in [-0.3, -0.25) is 4.79 Å². The zero-order valence-electron chi connectivity index (χ0n) is 17.9. The smallest absolute Gasteiger partial charge is 0.390 e. The van der Waals surface area contributed by atoms with E-state index in [-0.39, 0.29) is 46.9 Å². The number of hydrogen-bond acceptors (Lipinski definition) is 9. The van der Waals surface area contributed by atoms with Gasteiger partial charge in [-0.05, 0) is 45.1 Å². The molecule has 0 aliphatic carbocycles. The van der Waals surface area contributed by atoms with Crippen LogP contribution in [0.5, 0.6) is 0 Å². The standard InChI is InChI=1S/C19H24N4O7S/c1-6-29-19(26)16-12(5)15(18(25)30-10(2)3)17(31-16)20-14(24)7-8-22-11(4)9-13(21-22)23(27)28/h9-10H,6-8H2,1-5H3,(H,20,24). The first-order valence-electron chi connectivity index (χ1n) is 9.55. The summed E-state index contributed by atoms with van der Waals surface area (Å²) in [5, 5.41) is 17.5. The van der Waals surface area contributed by atoms with Crippen molar-refractivity contribution in [2.75, 3.05) is 11.9 Å². The number of ether oxygens (including phenoxy) is 2. The van der Waals surface area contributed by atoms with Crippen LogP contribution in [0, 0.1) is 24.0 Å². The summed E-state index contributed by atoms with van der Waals surface area (Å²) >= 11 is 0.932. The van der Waals surface area contributed by atoms with E-state index in [4.69, 9.17) is 9.47 Å². The lowest BCUT2D eigenvalue weighted by Crippen LogP contribution is -2.18. The fourth-order valence-corrected chi connectivity index (χ4v) is 3.82. The van der Waals surface area contributed by atoms with Crippen LogP contribution in [-0.4, -0.2) is 45.3 Å². The van der Waals surface area contributed by atoms with Crippen LogP contribution in [0.2, 0.25) is 0 Å². The summed E-state index contributed by atoms with van der Waals surface area (Å²) in [6, 6.07) is 1.31. The highest BCUT2D eigenvalue weighted by atomic mass is 32.1. The van der Waals surface area contributed by atoms with Crippen molar-refractivity contribution in [1.29, 1.82) is 0 Å². The highest BCUT2D eigenvalue weighted by Crippen LogP contribution is 2.34. The Hall–Kier alpha value is -3.28. The maximum Gasteiger partial charge on any atom is 0.390 e. The van der Waals surface area contributed by atoms with Crippen molar-refractivity contribution in [3.63, 3.8) is 0 Å². The Kier molecular flexibility index (Phi) is 7.86. The Morgan fingerprint density at radius 2 is 1.97 bits per heavy atom. The Bertz CT molecular complexity index is 1010. The molecule has 1 N–H and O–H groups in total. The van der Waals surface area contributed by atoms with Gasteiger partial charge in [0.15, 0.2) is 0 Å². The third-order valence-corrected chi connectivity index (χ3v) is 5.30. The molecule has 31 heavy (non-hydrogen) atoms. The molecule has 0 spiro atoms. The van der Waals surface area contributed by atoms with Gasteiger partial charge in [0.1, 0.15) is 9.88 Å². The lowest BCUT2D eigenvalue weighted by atomic mass is 10.1. The first-order chi connectivity index (χ1) is 14.5. The van der Waals surface area contributed by atoms with Crippen molar-refractivity contribution in [3.05, 3.63) is 37.9 Å². The average Bonchev–Trinajstić information content (AvgIpc) is 3.19. The summed E-state index contributed by atoms with van der Waals surface area (Å²) in [6.45, 7) is 8.55. The molecule has 0 aliphatic heterocycles. The molecule has 0 bridgehead atoms. The second kappa shape index (κ2) is 10.2. The molecule has 2 aromatic rings. The zero-order valence-corrected chi connectivity index (χ0v) is 18.7. The Morgan fingerprint density at radius 1 is 1.29 bits per heavy atom. The Labute approximate surface area is 182 Å². The number of nitrogens with one attached hydrogen (secondary N) is 1. The van der Waals surface area contributed by atoms with Gasteiger partial charge >= 0.3 is 17.8 Å². The molecule has 0 atom stereocenters. The van der Waals surface area contributed by atoms with Gasteiger partial charge in [-0.1, -0.05) is 0 Å². The van der Waals surface area contributed by atoms with Gasteiger partial charge in [0.25, 0.3) is 0 Å². The van der Waals surface area contributed by atoms with Crippen molar-refractivity contribution in [1.82, 2.24) is 9.78 Å². The minimum Gasteiger partial charge on any atom is -0.462 e. The fraction of sp³-hybridized carbons (Fsp3) is 0.474. The number of aryl methyl sites for hydroxylation is 2. The van der Waals surface area contributed by atoms with E-state index in [0.717, 1.165) is 11.3 Å². The summed E-state index contributed by atoms with van der Waals surface area (Å²) in [7, 11) is 0. The topological polar surface area (TPSA) is 143 Å². The predicted octanol–water partition coefficient (Wildman–Crippen LogP) is 3.24. The maximum absolute atomic E-state index is 12.6. The van der Waals surface area contributed by atoms with Crippen molar-refractivity contribution in [3.8, 4) is 0 Å². The number of carbonyl (C=O) groups is 3. The highest BCUT2D eigenvalue weighted by Gasteiger charge is 2.28. The lowest BCUT2D eigenvalue weighted by Gasteiger charge is -2.10. The van der Waals surface area contributed by atoms with Crippen molar-refractivity contribution in [2.24, 2.45) is 0 Å². The Balaban J connectivity index is 2.22. The molecule has 2 aromatic heterocycles. The van der Waals surface area contributed by atoms with E-state index in [1.54, 1.807) is 34.6 Å². The van der Waals surface area contributed by atoms with Gasteiger partial charge < -0.3 is 24.9 Å². The molecule has 168 valence electrons. The summed E-state index contributed by atoms with van der Waals surface area (Å²) in [5.41, 5.74) is 1.00. The number of nitrogens with zero attached hydrogens (tertiary/aromatic N) is 3. The van der Waals surface area contributed by atoms with Gasteiger partial charge in [0.05, 0.1) is 41.7 Å². The molecule has 12 heteroatoms. The van der Waals surface area contributed by atoms with Crippen LogP contribution in [0.25, 0.3) is 0 Å². The van der Waals surface area contributed by atoms with Gasteiger partial charge in [0, 0.05) is 6.42 Å². The molecule has 0 saturated carbocycles. The van der Waals surface area contributed by atoms with E-state index in [1.165, 1.54) is 10.7 Å². The van der Waals surface area contributed by atoms with E-state index in [9.17, 15) is 24.5 Å². The molecule has 0 saturated heterocycles. The van der Waals surface area contributed by atoms with Crippen molar-refractivity contribution in [2.45, 2.75) is 53.7 Å². The van der Waals surface area contributed by atoms with Crippen molar-refractivity contribution < 1.29 is 28.8 Å². The zero-order chi connectivity index (χ0) is 23.3. The maximum atomic E-state index is 12.6. The molecule has 0 unspecified atom stereocenters. The third kappa shape index (κ3) is 5.87. The number of anilines is 1. The first-order valence-corrected chi connectivity index (χ1v) is 10.4. The van der Waals surface area contributed by atoms with Crippen LogP contribution < -0.4 is 5.32 Å². The molecule has 1 amide bonds. The minimum atomic E-state index is -0.659. The third-order valence-electron chi connectivity index (χ3n) is 4.11. The Morgan fingerprint density at radius 3 is 2.52 bits per heavy atom. The molecule has 0 fully saturated rings. The number of esters is 2. The molecular formula is C19H24N4O7S. The number of aromatic nitrogens is 2. The lowest BCUT2D eigenvalue weighted by molar-refractivity contribution is -0.389. The summed E-state index contributed by atoms with van der Waals surface area (Å²) < 4.78 is 11.6. The second-order valence-electron chi connectivity index (χ2n) is 6.86. The van der Waals surface area contributed by atoms with Crippen LogP contribution in [0.1, 0.15) is 58.5 Å². The van der Waals surface area contributed by atoms with Gasteiger partial charge in [-0.2, -0.15) is 4.68 Å². The van der Waals surface area contributed by atoms with Gasteiger partial charge in [-0.25, -0.2) is 9.59 Å². The second-order valence-corrected chi connectivity index (χ2v) is 7.88. The summed E-state index contributed by atoms with van der Waals surface area (Å²) in [4.78, 5) is 47.7. The monoisotopic (exact) mass is 452 g/mol. The van der Waals surface area contributed by atoms with Crippen LogP contribution in [0.3, 0.4) is 0 Å². The van der Waals surface area contributed by atoms with Crippen LogP contribution >= 0.6 is 11.3 Å². The minimum absolute atomic E-state index is 0.0516. The number of thiophene rings is 1. The predicted molar refractivity (Wildman–Crippen MR) is 112 cm³/mol. The summed E-state index contributed by atoms with van der Waals surface area (Å²) in [5.74, 6) is -2.01. The molecule has 11 nitrogen and oxygen atoms in total. The normalized spacial score (nSPS) is 10.8. The quantitative estimate of drug-likeness (QED) is 0.347. The van der Waals surface area contributed by atoms with E-state index >= 15 is 0 Å². The average molecular weight is 452 g/mol. The van der Waals surface area contributed by atoms with E-state index in [2.05, 4.69) is 10.4 Å². The number of hydrogen-bond donors (Lipinski definition) is 1. The molecule has 0 aliphatic rings. The van der Waals surface area contributed by atoms with Gasteiger partial charge in [-0.15, -0.1) is 11.3 Å². The number of rotatable bonds is 9. The molecule has 2 heterocycles. The number of amides is 1. The van der Waals surface area contributed by atoms with E-state index in [1.807, 2.05) is 0 Å². The number of carbonyl (C=O) groups excluding carboxylic acids is 3. The molecular weight excluding hydrogens is 428 g/mol. The molecule has 0 aromatic carbocycles.